The number of amides is 1. The van der Waals surface area contributed by atoms with Gasteiger partial charge in [0, 0.05) is 31.4 Å². The van der Waals surface area contributed by atoms with Gasteiger partial charge in [0.2, 0.25) is 0 Å². The maximum atomic E-state index is 12.6. The number of aryl methyl sites for hydroxylation is 1. The minimum atomic E-state index is 0.0142. The van der Waals surface area contributed by atoms with Crippen LogP contribution in [0.4, 0.5) is 5.69 Å². The van der Waals surface area contributed by atoms with E-state index in [4.69, 9.17) is 0 Å². The third-order valence-electron chi connectivity index (χ3n) is 6.16. The van der Waals surface area contributed by atoms with Gasteiger partial charge >= 0.3 is 0 Å². The van der Waals surface area contributed by atoms with E-state index < -0.39 is 0 Å². The lowest BCUT2D eigenvalue weighted by molar-refractivity contribution is 0.0924. The summed E-state index contributed by atoms with van der Waals surface area (Å²) in [5.41, 5.74) is 4.87. The topological polar surface area (TPSA) is 35.6 Å². The van der Waals surface area contributed by atoms with Crippen molar-refractivity contribution in [3.05, 3.63) is 65.2 Å². The van der Waals surface area contributed by atoms with Crippen LogP contribution in [0.2, 0.25) is 0 Å². The molecule has 1 N–H and O–H groups in total. The van der Waals surface area contributed by atoms with Crippen LogP contribution >= 0.6 is 0 Å². The van der Waals surface area contributed by atoms with Crippen molar-refractivity contribution in [2.45, 2.75) is 38.1 Å². The van der Waals surface area contributed by atoms with Crippen molar-refractivity contribution in [3.63, 3.8) is 0 Å². The molecule has 0 saturated carbocycles. The Morgan fingerprint density at radius 2 is 1.79 bits per heavy atom. The normalized spacial score (nSPS) is 18.4. The minimum absolute atomic E-state index is 0.0142. The van der Waals surface area contributed by atoms with Crippen LogP contribution in [0.15, 0.2) is 48.5 Å². The van der Waals surface area contributed by atoms with E-state index in [0.29, 0.717) is 6.54 Å². The number of carbonyl (C=O) groups is 1. The van der Waals surface area contributed by atoms with Crippen molar-refractivity contribution in [2.75, 3.05) is 38.1 Å². The highest BCUT2D eigenvalue weighted by atomic mass is 16.1. The molecule has 1 fully saturated rings. The second-order valence-corrected chi connectivity index (χ2v) is 8.10. The maximum absolute atomic E-state index is 12.6. The summed E-state index contributed by atoms with van der Waals surface area (Å²) >= 11 is 0. The first-order valence-electron chi connectivity index (χ1n) is 10.6. The van der Waals surface area contributed by atoms with Crippen molar-refractivity contribution < 1.29 is 4.79 Å². The lowest BCUT2D eigenvalue weighted by Gasteiger charge is -2.36. The van der Waals surface area contributed by atoms with E-state index in [-0.39, 0.29) is 11.9 Å². The van der Waals surface area contributed by atoms with Gasteiger partial charge in [-0.05, 0) is 68.1 Å². The largest absolute Gasteiger partial charge is 0.374 e. The van der Waals surface area contributed by atoms with Crippen LogP contribution in [-0.4, -0.2) is 44.0 Å². The molecule has 0 radical (unpaired) electrons. The number of nitrogens with zero attached hydrogens (tertiary/aromatic N) is 2. The Balaban J connectivity index is 1.54. The highest BCUT2D eigenvalue weighted by molar-refractivity contribution is 5.94. The van der Waals surface area contributed by atoms with Gasteiger partial charge in [-0.1, -0.05) is 36.8 Å². The Labute approximate surface area is 168 Å². The minimum Gasteiger partial charge on any atom is -0.374 e. The molecule has 4 heteroatoms. The van der Waals surface area contributed by atoms with Crippen molar-refractivity contribution in [2.24, 2.45) is 0 Å². The molecule has 0 aromatic heterocycles. The smallest absolute Gasteiger partial charge is 0.251 e. The summed E-state index contributed by atoms with van der Waals surface area (Å²) in [5.74, 6) is 0.0142. The van der Waals surface area contributed by atoms with Gasteiger partial charge in [0.15, 0.2) is 0 Å². The van der Waals surface area contributed by atoms with Gasteiger partial charge in [0.25, 0.3) is 5.91 Å². The third-order valence-corrected chi connectivity index (χ3v) is 6.16. The van der Waals surface area contributed by atoms with Gasteiger partial charge in [-0.25, -0.2) is 0 Å². The SMILES string of the molecule is CN1CCCc2cc(C(CNC(=O)c3ccccc3)N3CCCCC3)ccc21. The Bertz CT molecular complexity index is 799. The Hall–Kier alpha value is -2.33. The molecule has 4 rings (SSSR count). The summed E-state index contributed by atoms with van der Waals surface area (Å²) in [4.78, 5) is 17.5. The zero-order valence-corrected chi connectivity index (χ0v) is 16.9. The number of hydrogen-bond donors (Lipinski definition) is 1. The van der Waals surface area contributed by atoms with Crippen LogP contribution < -0.4 is 10.2 Å². The monoisotopic (exact) mass is 377 g/mol. The van der Waals surface area contributed by atoms with E-state index in [0.717, 1.165) is 31.6 Å². The van der Waals surface area contributed by atoms with Crippen LogP contribution in [0.25, 0.3) is 0 Å². The number of nitrogens with one attached hydrogen (secondary N) is 1. The van der Waals surface area contributed by atoms with Gasteiger partial charge in [-0.15, -0.1) is 0 Å². The average Bonchev–Trinajstić information content (AvgIpc) is 2.75. The van der Waals surface area contributed by atoms with Crippen molar-refractivity contribution >= 4 is 11.6 Å². The molecule has 0 spiro atoms. The fourth-order valence-electron chi connectivity index (χ4n) is 4.58. The fourth-order valence-corrected chi connectivity index (χ4v) is 4.58. The Morgan fingerprint density at radius 3 is 2.57 bits per heavy atom. The van der Waals surface area contributed by atoms with E-state index in [1.165, 1.54) is 42.5 Å². The summed E-state index contributed by atoms with van der Waals surface area (Å²) in [6.45, 7) is 4.02. The highest BCUT2D eigenvalue weighted by Crippen LogP contribution is 2.31. The summed E-state index contributed by atoms with van der Waals surface area (Å²) < 4.78 is 0. The van der Waals surface area contributed by atoms with Gasteiger partial charge in [-0.2, -0.15) is 0 Å². The molecule has 2 aromatic carbocycles. The van der Waals surface area contributed by atoms with Crippen LogP contribution in [0, 0.1) is 0 Å². The molecular formula is C24H31N3O. The van der Waals surface area contributed by atoms with Crippen LogP contribution in [-0.2, 0) is 6.42 Å². The lowest BCUT2D eigenvalue weighted by atomic mass is 9.95. The zero-order valence-electron chi connectivity index (χ0n) is 16.9. The molecule has 1 unspecified atom stereocenters. The lowest BCUT2D eigenvalue weighted by Crippen LogP contribution is -2.40. The number of rotatable bonds is 5. The second kappa shape index (κ2) is 8.78. The molecule has 1 atom stereocenters. The number of anilines is 1. The summed E-state index contributed by atoms with van der Waals surface area (Å²) in [5, 5.41) is 3.19. The molecule has 2 aromatic rings. The predicted octanol–water partition coefficient (Wildman–Crippen LogP) is 4.03. The zero-order chi connectivity index (χ0) is 19.3. The van der Waals surface area contributed by atoms with Crippen LogP contribution in [0.3, 0.4) is 0 Å². The molecule has 1 amide bonds. The van der Waals surface area contributed by atoms with Gasteiger partial charge in [0.05, 0.1) is 6.04 Å². The predicted molar refractivity (Wildman–Crippen MR) is 115 cm³/mol. The first-order valence-corrected chi connectivity index (χ1v) is 10.6. The Kier molecular flexibility index (Phi) is 5.96. The number of hydrogen-bond acceptors (Lipinski definition) is 3. The molecular weight excluding hydrogens is 346 g/mol. The first-order chi connectivity index (χ1) is 13.7. The quantitative estimate of drug-likeness (QED) is 0.855. The number of fused-ring (bicyclic) bond motifs is 1. The summed E-state index contributed by atoms with van der Waals surface area (Å²) in [7, 11) is 2.18. The van der Waals surface area contributed by atoms with Gasteiger partial charge in [0.1, 0.15) is 0 Å². The second-order valence-electron chi connectivity index (χ2n) is 8.10. The summed E-state index contributed by atoms with van der Waals surface area (Å²) in [6, 6.07) is 16.7. The molecule has 4 nitrogen and oxygen atoms in total. The average molecular weight is 378 g/mol. The van der Waals surface area contributed by atoms with Crippen molar-refractivity contribution in [3.8, 4) is 0 Å². The van der Waals surface area contributed by atoms with E-state index in [1.54, 1.807) is 0 Å². The standard InChI is InChI=1S/C24H31N3O/c1-26-14-8-11-20-17-21(12-13-22(20)26)23(27-15-6-3-7-16-27)18-25-24(28)19-9-4-2-5-10-19/h2,4-5,9-10,12-13,17,23H,3,6-8,11,14-16,18H2,1H3,(H,25,28). The van der Waals surface area contributed by atoms with E-state index in [9.17, 15) is 4.79 Å². The molecule has 28 heavy (non-hydrogen) atoms. The maximum Gasteiger partial charge on any atom is 0.251 e. The van der Waals surface area contributed by atoms with Crippen molar-refractivity contribution in [1.82, 2.24) is 10.2 Å². The Morgan fingerprint density at radius 1 is 1.00 bits per heavy atom. The van der Waals surface area contributed by atoms with E-state index >= 15 is 0 Å². The van der Waals surface area contributed by atoms with E-state index in [2.05, 4.69) is 40.4 Å². The molecule has 2 aliphatic rings. The number of benzene rings is 2. The highest BCUT2D eigenvalue weighted by Gasteiger charge is 2.24. The van der Waals surface area contributed by atoms with E-state index in [1.807, 2.05) is 30.3 Å². The molecule has 2 aliphatic heterocycles. The number of carbonyl (C=O) groups excluding carboxylic acids is 1. The molecule has 0 bridgehead atoms. The fraction of sp³-hybridized carbons (Fsp3) is 0.458. The van der Waals surface area contributed by atoms with Crippen LogP contribution in [0.1, 0.15) is 53.2 Å². The van der Waals surface area contributed by atoms with Gasteiger partial charge in [-0.3, -0.25) is 9.69 Å². The van der Waals surface area contributed by atoms with Gasteiger partial charge < -0.3 is 10.2 Å². The third kappa shape index (κ3) is 4.22. The van der Waals surface area contributed by atoms with Crippen molar-refractivity contribution in [1.29, 1.82) is 0 Å². The number of piperidine rings is 1. The first kappa shape index (κ1) is 19.0. The summed E-state index contributed by atoms with van der Waals surface area (Å²) in [6.07, 6.45) is 6.17. The molecule has 1 saturated heterocycles. The molecule has 148 valence electrons. The van der Waals surface area contributed by atoms with Crippen LogP contribution in [0.5, 0.6) is 0 Å². The molecule has 0 aliphatic carbocycles. The number of likely N-dealkylation sites (tertiary alicyclic amines) is 1. The molecule has 2 heterocycles.